The normalized spacial score (nSPS) is 10.0. The quantitative estimate of drug-likeness (QED) is 0.631. The molecule has 0 radical (unpaired) electrons. The summed E-state index contributed by atoms with van der Waals surface area (Å²) in [5.41, 5.74) is -0.171. The first-order valence-corrected chi connectivity index (χ1v) is 4.50. The molecule has 0 saturated heterocycles. The second-order valence-electron chi connectivity index (χ2n) is 2.88. The van der Waals surface area contributed by atoms with Crippen molar-refractivity contribution in [1.82, 2.24) is 20.4 Å². The average molecular weight is 238 g/mol. The number of aromatic nitrogens is 4. The summed E-state index contributed by atoms with van der Waals surface area (Å²) < 4.78 is 22.7. The third kappa shape index (κ3) is 2.19. The van der Waals surface area contributed by atoms with Crippen LogP contribution in [0.15, 0.2) is 18.3 Å². The van der Waals surface area contributed by atoms with Crippen LogP contribution in [0.3, 0.4) is 0 Å². The number of pyridine rings is 1. The molecule has 0 bridgehead atoms. The van der Waals surface area contributed by atoms with Gasteiger partial charge in [0.2, 0.25) is 5.69 Å². The van der Waals surface area contributed by atoms with Crippen LogP contribution in [0.4, 0.5) is 4.39 Å². The Bertz CT molecular complexity index is 543. The van der Waals surface area contributed by atoms with Gasteiger partial charge in [-0.1, -0.05) is 5.21 Å². The van der Waals surface area contributed by atoms with Gasteiger partial charge in [-0.3, -0.25) is 0 Å². The molecule has 0 aliphatic heterocycles. The molecule has 2 rings (SSSR count). The minimum absolute atomic E-state index is 0.108. The Morgan fingerprint density at radius 3 is 3.06 bits per heavy atom. The number of halogens is 1. The second-order valence-corrected chi connectivity index (χ2v) is 2.88. The first kappa shape index (κ1) is 11.0. The highest BCUT2D eigenvalue weighted by atomic mass is 19.1. The van der Waals surface area contributed by atoms with Crippen molar-refractivity contribution in [2.75, 3.05) is 7.11 Å². The maximum absolute atomic E-state index is 13.2. The number of hydrogen-bond donors (Lipinski definition) is 1. The SMILES string of the molecule is COC(=O)c1nn[nH]c1Oc1cccnc1F. The predicted molar refractivity (Wildman–Crippen MR) is 52.0 cm³/mol. The van der Waals surface area contributed by atoms with E-state index in [-0.39, 0.29) is 17.3 Å². The van der Waals surface area contributed by atoms with Crippen molar-refractivity contribution in [2.24, 2.45) is 0 Å². The van der Waals surface area contributed by atoms with Crippen molar-refractivity contribution in [3.8, 4) is 11.6 Å². The lowest BCUT2D eigenvalue weighted by Crippen LogP contribution is -2.04. The number of hydrogen-bond acceptors (Lipinski definition) is 6. The Hall–Kier alpha value is -2.51. The topological polar surface area (TPSA) is 90.0 Å². The summed E-state index contributed by atoms with van der Waals surface area (Å²) in [4.78, 5) is 14.6. The molecule has 0 amide bonds. The van der Waals surface area contributed by atoms with Gasteiger partial charge in [0.05, 0.1) is 7.11 Å². The minimum atomic E-state index is -0.807. The number of nitrogens with zero attached hydrogens (tertiary/aromatic N) is 3. The highest BCUT2D eigenvalue weighted by molar-refractivity contribution is 5.89. The number of aromatic amines is 1. The standard InChI is InChI=1S/C9H7FN4O3/c1-16-9(15)6-8(13-14-12-6)17-5-3-2-4-11-7(5)10/h2-4H,1H3,(H,12,13,14). The lowest BCUT2D eigenvalue weighted by molar-refractivity contribution is 0.0591. The van der Waals surface area contributed by atoms with Crippen LogP contribution < -0.4 is 4.74 Å². The number of carbonyl (C=O) groups is 1. The number of esters is 1. The third-order valence-electron chi connectivity index (χ3n) is 1.83. The fraction of sp³-hybridized carbons (Fsp3) is 0.111. The van der Waals surface area contributed by atoms with Crippen LogP contribution in [0, 0.1) is 5.95 Å². The molecule has 7 nitrogen and oxygen atoms in total. The van der Waals surface area contributed by atoms with Gasteiger partial charge < -0.3 is 9.47 Å². The summed E-state index contributed by atoms with van der Waals surface area (Å²) in [7, 11) is 1.19. The fourth-order valence-electron chi connectivity index (χ4n) is 1.08. The van der Waals surface area contributed by atoms with Crippen LogP contribution in [0.1, 0.15) is 10.5 Å². The molecule has 8 heteroatoms. The zero-order chi connectivity index (χ0) is 12.3. The molecule has 0 aliphatic rings. The van der Waals surface area contributed by atoms with E-state index < -0.39 is 11.9 Å². The van der Waals surface area contributed by atoms with E-state index >= 15 is 0 Å². The van der Waals surface area contributed by atoms with Crippen molar-refractivity contribution < 1.29 is 18.7 Å². The van der Waals surface area contributed by atoms with Crippen LogP contribution >= 0.6 is 0 Å². The average Bonchev–Trinajstić information content (AvgIpc) is 2.79. The molecule has 0 aliphatic carbocycles. The molecule has 0 saturated carbocycles. The van der Waals surface area contributed by atoms with Gasteiger partial charge in [0, 0.05) is 6.20 Å². The Balaban J connectivity index is 2.28. The second kappa shape index (κ2) is 4.56. The van der Waals surface area contributed by atoms with Crippen molar-refractivity contribution in [1.29, 1.82) is 0 Å². The van der Waals surface area contributed by atoms with Crippen LogP contribution in [0.25, 0.3) is 0 Å². The maximum Gasteiger partial charge on any atom is 0.364 e. The minimum Gasteiger partial charge on any atom is -0.464 e. The summed E-state index contributed by atoms with van der Waals surface area (Å²) in [5, 5.41) is 9.16. The highest BCUT2D eigenvalue weighted by Crippen LogP contribution is 2.23. The van der Waals surface area contributed by atoms with E-state index in [4.69, 9.17) is 4.74 Å². The Morgan fingerprint density at radius 2 is 2.35 bits per heavy atom. The smallest absolute Gasteiger partial charge is 0.364 e. The highest BCUT2D eigenvalue weighted by Gasteiger charge is 2.19. The molecule has 88 valence electrons. The van der Waals surface area contributed by atoms with Gasteiger partial charge >= 0.3 is 5.97 Å². The van der Waals surface area contributed by atoms with Crippen LogP contribution in [0.5, 0.6) is 11.6 Å². The van der Waals surface area contributed by atoms with Gasteiger partial charge in [-0.25, -0.2) is 14.9 Å². The Kier molecular flexibility index (Phi) is 2.95. The number of H-pyrrole nitrogens is 1. The molecule has 0 spiro atoms. The summed E-state index contributed by atoms with van der Waals surface area (Å²) in [6, 6.07) is 2.84. The fourth-order valence-corrected chi connectivity index (χ4v) is 1.08. The zero-order valence-electron chi connectivity index (χ0n) is 8.68. The van der Waals surface area contributed by atoms with E-state index in [1.165, 1.54) is 25.4 Å². The van der Waals surface area contributed by atoms with Crippen molar-refractivity contribution in [3.63, 3.8) is 0 Å². The molecular formula is C9H7FN4O3. The molecule has 0 aromatic carbocycles. The summed E-state index contributed by atoms with van der Waals surface area (Å²) in [5.74, 6) is -1.80. The van der Waals surface area contributed by atoms with Gasteiger partial charge in [0.1, 0.15) is 0 Å². The molecule has 0 atom stereocenters. The van der Waals surface area contributed by atoms with Crippen molar-refractivity contribution >= 4 is 5.97 Å². The molecule has 0 fully saturated rings. The van der Waals surface area contributed by atoms with Crippen molar-refractivity contribution in [3.05, 3.63) is 30.0 Å². The first-order chi connectivity index (χ1) is 8.22. The van der Waals surface area contributed by atoms with Gasteiger partial charge in [-0.15, -0.1) is 5.10 Å². The van der Waals surface area contributed by atoms with E-state index in [0.29, 0.717) is 0 Å². The Labute approximate surface area is 94.6 Å². The van der Waals surface area contributed by atoms with E-state index in [1.54, 1.807) is 0 Å². The molecule has 1 N–H and O–H groups in total. The summed E-state index contributed by atoms with van der Waals surface area (Å²) >= 11 is 0. The molecular weight excluding hydrogens is 231 g/mol. The summed E-state index contributed by atoms with van der Waals surface area (Å²) in [6.45, 7) is 0. The predicted octanol–water partition coefficient (Wildman–Crippen LogP) is 0.918. The van der Waals surface area contributed by atoms with Gasteiger partial charge in [0.15, 0.2) is 5.75 Å². The van der Waals surface area contributed by atoms with Crippen LogP contribution in [-0.4, -0.2) is 33.5 Å². The van der Waals surface area contributed by atoms with Gasteiger partial charge in [0.25, 0.3) is 11.8 Å². The largest absolute Gasteiger partial charge is 0.464 e. The monoisotopic (exact) mass is 238 g/mol. The molecule has 17 heavy (non-hydrogen) atoms. The zero-order valence-corrected chi connectivity index (χ0v) is 8.68. The van der Waals surface area contributed by atoms with Crippen LogP contribution in [0.2, 0.25) is 0 Å². The summed E-state index contributed by atoms with van der Waals surface area (Å²) in [6.07, 6.45) is 1.27. The number of ether oxygens (including phenoxy) is 2. The number of methoxy groups -OCH3 is 1. The maximum atomic E-state index is 13.2. The number of rotatable bonds is 3. The molecule has 0 unspecified atom stereocenters. The first-order valence-electron chi connectivity index (χ1n) is 4.50. The number of carbonyl (C=O) groups excluding carboxylic acids is 1. The van der Waals surface area contributed by atoms with Crippen LogP contribution in [-0.2, 0) is 4.74 Å². The van der Waals surface area contributed by atoms with E-state index in [1.807, 2.05) is 0 Å². The molecule has 2 aromatic heterocycles. The van der Waals surface area contributed by atoms with E-state index in [9.17, 15) is 9.18 Å². The Morgan fingerprint density at radius 1 is 1.53 bits per heavy atom. The lowest BCUT2D eigenvalue weighted by atomic mass is 10.4. The van der Waals surface area contributed by atoms with E-state index in [0.717, 1.165) is 0 Å². The van der Waals surface area contributed by atoms with Gasteiger partial charge in [-0.05, 0) is 12.1 Å². The van der Waals surface area contributed by atoms with Crippen molar-refractivity contribution in [2.45, 2.75) is 0 Å². The molecule has 2 aromatic rings. The lowest BCUT2D eigenvalue weighted by Gasteiger charge is -2.03. The third-order valence-corrected chi connectivity index (χ3v) is 1.83. The van der Waals surface area contributed by atoms with Gasteiger partial charge in [-0.2, -0.15) is 4.39 Å². The molecule has 2 heterocycles. The number of nitrogens with one attached hydrogen (secondary N) is 1. The van der Waals surface area contributed by atoms with E-state index in [2.05, 4.69) is 25.1 Å².